The third kappa shape index (κ3) is 3.46. The van der Waals surface area contributed by atoms with E-state index in [9.17, 15) is 18.7 Å². The molecule has 1 aliphatic rings. The number of halogens is 2. The Morgan fingerprint density at radius 2 is 1.81 bits per heavy atom. The summed E-state index contributed by atoms with van der Waals surface area (Å²) in [4.78, 5) is 12.6. The minimum atomic E-state index is -1.53. The molecule has 0 spiro atoms. The number of aryl methyl sites for hydroxylation is 1. The molecule has 138 valence electrons. The zero-order chi connectivity index (χ0) is 19.0. The van der Waals surface area contributed by atoms with Crippen LogP contribution in [0.25, 0.3) is 11.3 Å². The van der Waals surface area contributed by atoms with Gasteiger partial charge in [0, 0.05) is 24.1 Å². The van der Waals surface area contributed by atoms with Crippen LogP contribution in [0.4, 0.5) is 14.6 Å². The highest BCUT2D eigenvalue weighted by Crippen LogP contribution is 2.30. The number of H-pyrrole nitrogens is 1. The SMILES string of the molecule is O=C(Nc1cc(-c2cc(F)cc(F)c2)[nH]n1)C1(O)CCc2ccccc2C1. The van der Waals surface area contributed by atoms with Crippen LogP contribution in [0, 0.1) is 11.6 Å². The van der Waals surface area contributed by atoms with Crippen LogP contribution in [0.1, 0.15) is 17.5 Å². The zero-order valence-corrected chi connectivity index (χ0v) is 14.3. The molecule has 1 heterocycles. The first-order valence-corrected chi connectivity index (χ1v) is 8.55. The molecule has 3 N–H and O–H groups in total. The van der Waals surface area contributed by atoms with E-state index in [0.717, 1.165) is 29.3 Å². The normalized spacial score (nSPS) is 18.8. The van der Waals surface area contributed by atoms with E-state index in [0.29, 0.717) is 18.5 Å². The molecule has 1 aliphatic carbocycles. The van der Waals surface area contributed by atoms with Crippen LogP contribution in [0.2, 0.25) is 0 Å². The van der Waals surface area contributed by atoms with Gasteiger partial charge in [0.2, 0.25) is 0 Å². The van der Waals surface area contributed by atoms with E-state index < -0.39 is 23.1 Å². The van der Waals surface area contributed by atoms with Crippen LogP contribution >= 0.6 is 0 Å². The molecule has 3 aromatic rings. The van der Waals surface area contributed by atoms with Crippen LogP contribution in [0.15, 0.2) is 48.5 Å². The quantitative estimate of drug-likeness (QED) is 0.663. The highest BCUT2D eigenvalue weighted by Gasteiger charge is 2.39. The zero-order valence-electron chi connectivity index (χ0n) is 14.3. The second kappa shape index (κ2) is 6.59. The van der Waals surface area contributed by atoms with E-state index in [1.807, 2.05) is 24.3 Å². The number of rotatable bonds is 3. The van der Waals surface area contributed by atoms with Crippen molar-refractivity contribution in [2.45, 2.75) is 24.9 Å². The highest BCUT2D eigenvalue weighted by atomic mass is 19.1. The van der Waals surface area contributed by atoms with E-state index in [4.69, 9.17) is 0 Å². The van der Waals surface area contributed by atoms with Crippen molar-refractivity contribution in [1.29, 1.82) is 0 Å². The number of carbonyl (C=O) groups is 1. The number of amides is 1. The molecule has 0 radical (unpaired) electrons. The molecule has 0 saturated carbocycles. The fourth-order valence-corrected chi connectivity index (χ4v) is 3.39. The number of benzene rings is 2. The van der Waals surface area contributed by atoms with Gasteiger partial charge in [-0.15, -0.1) is 0 Å². The summed E-state index contributed by atoms with van der Waals surface area (Å²) in [6, 6.07) is 12.3. The number of hydrogen-bond acceptors (Lipinski definition) is 3. The van der Waals surface area contributed by atoms with Crippen molar-refractivity contribution in [1.82, 2.24) is 10.2 Å². The van der Waals surface area contributed by atoms with Gasteiger partial charge in [-0.1, -0.05) is 24.3 Å². The van der Waals surface area contributed by atoms with Crippen LogP contribution in [-0.2, 0) is 17.6 Å². The van der Waals surface area contributed by atoms with E-state index in [-0.39, 0.29) is 17.8 Å². The lowest BCUT2D eigenvalue weighted by atomic mass is 9.80. The Hall–Kier alpha value is -3.06. The Morgan fingerprint density at radius 3 is 2.56 bits per heavy atom. The Kier molecular flexibility index (Phi) is 4.24. The fourth-order valence-electron chi connectivity index (χ4n) is 3.39. The predicted octanol–water partition coefficient (Wildman–Crippen LogP) is 3.21. The van der Waals surface area contributed by atoms with Crippen LogP contribution in [-0.4, -0.2) is 26.8 Å². The number of carbonyl (C=O) groups excluding carboxylic acids is 1. The molecule has 0 fully saturated rings. The van der Waals surface area contributed by atoms with E-state index in [1.54, 1.807) is 0 Å². The third-order valence-electron chi connectivity index (χ3n) is 4.82. The van der Waals surface area contributed by atoms with Crippen molar-refractivity contribution < 1.29 is 18.7 Å². The van der Waals surface area contributed by atoms with Crippen molar-refractivity contribution >= 4 is 11.7 Å². The van der Waals surface area contributed by atoms with Crippen molar-refractivity contribution in [3.8, 4) is 11.3 Å². The summed E-state index contributed by atoms with van der Waals surface area (Å²) in [6.07, 6.45) is 1.14. The predicted molar refractivity (Wildman–Crippen MR) is 96.0 cm³/mol. The van der Waals surface area contributed by atoms with Crippen molar-refractivity contribution in [2.24, 2.45) is 0 Å². The topological polar surface area (TPSA) is 78.0 Å². The summed E-state index contributed by atoms with van der Waals surface area (Å²) in [5.41, 5.74) is 1.17. The molecule has 1 amide bonds. The van der Waals surface area contributed by atoms with Gasteiger partial charge in [-0.05, 0) is 36.1 Å². The van der Waals surface area contributed by atoms with Gasteiger partial charge < -0.3 is 10.4 Å². The van der Waals surface area contributed by atoms with Crippen LogP contribution in [0.5, 0.6) is 0 Å². The third-order valence-corrected chi connectivity index (χ3v) is 4.82. The average Bonchev–Trinajstić information content (AvgIpc) is 3.09. The maximum Gasteiger partial charge on any atom is 0.257 e. The molecular weight excluding hydrogens is 352 g/mol. The number of fused-ring (bicyclic) bond motifs is 1. The maximum atomic E-state index is 13.4. The smallest absolute Gasteiger partial charge is 0.257 e. The molecule has 1 atom stereocenters. The molecule has 0 saturated heterocycles. The number of anilines is 1. The lowest BCUT2D eigenvalue weighted by Gasteiger charge is -2.31. The summed E-state index contributed by atoms with van der Waals surface area (Å²) in [5, 5.41) is 20.0. The first-order chi connectivity index (χ1) is 12.9. The number of hydrogen-bond donors (Lipinski definition) is 3. The lowest BCUT2D eigenvalue weighted by molar-refractivity contribution is -0.135. The van der Waals surface area contributed by atoms with Gasteiger partial charge in [0.15, 0.2) is 5.82 Å². The van der Waals surface area contributed by atoms with Gasteiger partial charge in [0.05, 0.1) is 5.69 Å². The van der Waals surface area contributed by atoms with Crippen molar-refractivity contribution in [2.75, 3.05) is 5.32 Å². The van der Waals surface area contributed by atoms with Gasteiger partial charge in [0.1, 0.15) is 17.2 Å². The minimum absolute atomic E-state index is 0.173. The Morgan fingerprint density at radius 1 is 1.11 bits per heavy atom. The minimum Gasteiger partial charge on any atom is -0.380 e. The fraction of sp³-hybridized carbons (Fsp3) is 0.200. The lowest BCUT2D eigenvalue weighted by Crippen LogP contribution is -2.47. The molecule has 27 heavy (non-hydrogen) atoms. The molecule has 5 nitrogen and oxygen atoms in total. The monoisotopic (exact) mass is 369 g/mol. The summed E-state index contributed by atoms with van der Waals surface area (Å²) in [7, 11) is 0. The standard InChI is InChI=1S/C20H17F2N3O2/c21-15-7-14(8-16(22)9-15)17-10-18(25-24-17)23-19(26)20(27)6-5-12-3-1-2-4-13(12)11-20/h1-4,7-10,27H,5-6,11H2,(H2,23,24,25,26). The summed E-state index contributed by atoms with van der Waals surface area (Å²) < 4.78 is 26.7. The highest BCUT2D eigenvalue weighted by molar-refractivity contribution is 5.97. The molecule has 2 aromatic carbocycles. The van der Waals surface area contributed by atoms with Crippen LogP contribution in [0.3, 0.4) is 0 Å². The van der Waals surface area contributed by atoms with Gasteiger partial charge in [-0.25, -0.2) is 8.78 Å². The Bertz CT molecular complexity index is 998. The summed E-state index contributed by atoms with van der Waals surface area (Å²) >= 11 is 0. The summed E-state index contributed by atoms with van der Waals surface area (Å²) in [5.74, 6) is -1.80. The first-order valence-electron chi connectivity index (χ1n) is 8.55. The number of nitrogens with one attached hydrogen (secondary N) is 2. The average molecular weight is 369 g/mol. The largest absolute Gasteiger partial charge is 0.380 e. The second-order valence-corrected chi connectivity index (χ2v) is 6.76. The van der Waals surface area contributed by atoms with Gasteiger partial charge in [0.25, 0.3) is 5.91 Å². The number of aliphatic hydroxyl groups is 1. The molecule has 0 aliphatic heterocycles. The number of aromatic amines is 1. The Balaban J connectivity index is 1.51. The number of aromatic nitrogens is 2. The van der Waals surface area contributed by atoms with Gasteiger partial charge >= 0.3 is 0 Å². The molecule has 7 heteroatoms. The molecule has 1 unspecified atom stereocenters. The van der Waals surface area contributed by atoms with E-state index in [2.05, 4.69) is 15.5 Å². The van der Waals surface area contributed by atoms with Crippen molar-refractivity contribution in [3.63, 3.8) is 0 Å². The first kappa shape index (κ1) is 17.4. The molecule has 0 bridgehead atoms. The maximum absolute atomic E-state index is 13.4. The molecule has 4 rings (SSSR count). The number of nitrogens with zero attached hydrogens (tertiary/aromatic N) is 1. The summed E-state index contributed by atoms with van der Waals surface area (Å²) in [6.45, 7) is 0. The van der Waals surface area contributed by atoms with Crippen LogP contribution < -0.4 is 5.32 Å². The molecule has 1 aromatic heterocycles. The Labute approximate surface area is 154 Å². The van der Waals surface area contributed by atoms with Gasteiger partial charge in [-0.3, -0.25) is 9.89 Å². The second-order valence-electron chi connectivity index (χ2n) is 6.76. The van der Waals surface area contributed by atoms with E-state index in [1.165, 1.54) is 6.07 Å². The van der Waals surface area contributed by atoms with Crippen molar-refractivity contribution in [3.05, 3.63) is 71.3 Å². The van der Waals surface area contributed by atoms with E-state index >= 15 is 0 Å². The molecular formula is C20H17F2N3O2. The van der Waals surface area contributed by atoms with Gasteiger partial charge in [-0.2, -0.15) is 5.10 Å².